The van der Waals surface area contributed by atoms with E-state index in [0.717, 1.165) is 11.1 Å². The van der Waals surface area contributed by atoms with Crippen LogP contribution in [-0.2, 0) is 0 Å². The molecule has 0 radical (unpaired) electrons. The first-order valence-electron chi connectivity index (χ1n) is 7.85. The van der Waals surface area contributed by atoms with Gasteiger partial charge in [0, 0.05) is 18.8 Å². The van der Waals surface area contributed by atoms with Crippen molar-refractivity contribution in [3.05, 3.63) is 77.7 Å². The summed E-state index contributed by atoms with van der Waals surface area (Å²) >= 11 is 0. The van der Waals surface area contributed by atoms with E-state index >= 15 is 0 Å². The smallest absolute Gasteiger partial charge is 0.226 e. The molecular weight excluding hydrogens is 321 g/mol. The summed E-state index contributed by atoms with van der Waals surface area (Å²) in [6.07, 6.45) is 0.873. The van der Waals surface area contributed by atoms with Crippen molar-refractivity contribution < 1.29 is 14.2 Å². The van der Waals surface area contributed by atoms with Crippen LogP contribution in [0, 0.1) is 12.7 Å². The minimum atomic E-state index is -0.676. The maximum Gasteiger partial charge on any atom is 0.226 e. The van der Waals surface area contributed by atoms with Crippen LogP contribution < -0.4 is 10.1 Å². The zero-order valence-electron chi connectivity index (χ0n) is 13.7. The molecule has 0 bridgehead atoms. The van der Waals surface area contributed by atoms with Crippen LogP contribution in [0.4, 0.5) is 10.3 Å². The van der Waals surface area contributed by atoms with Gasteiger partial charge in [-0.2, -0.15) is 4.98 Å². The van der Waals surface area contributed by atoms with Gasteiger partial charge >= 0.3 is 0 Å². The van der Waals surface area contributed by atoms with Crippen molar-refractivity contribution in [3.8, 4) is 11.6 Å². The first-order valence-corrected chi connectivity index (χ1v) is 7.85. The van der Waals surface area contributed by atoms with Gasteiger partial charge in [-0.1, -0.05) is 29.8 Å². The van der Waals surface area contributed by atoms with E-state index in [2.05, 4.69) is 15.3 Å². The lowest BCUT2D eigenvalue weighted by Gasteiger charge is -2.13. The minimum Gasteiger partial charge on any atom is -0.439 e. The zero-order valence-corrected chi connectivity index (χ0v) is 13.7. The normalized spacial score (nSPS) is 11.8. The molecule has 0 fully saturated rings. The number of aliphatic hydroxyl groups is 1. The first kappa shape index (κ1) is 16.9. The maximum atomic E-state index is 12.9. The number of hydrogen-bond acceptors (Lipinski definition) is 5. The molecule has 0 aliphatic carbocycles. The summed E-state index contributed by atoms with van der Waals surface area (Å²) < 4.78 is 18.5. The number of rotatable bonds is 6. The number of aliphatic hydroxyl groups excluding tert-OH is 1. The fourth-order valence-corrected chi connectivity index (χ4v) is 2.29. The van der Waals surface area contributed by atoms with Crippen LogP contribution in [0.3, 0.4) is 0 Å². The van der Waals surface area contributed by atoms with Gasteiger partial charge in [-0.3, -0.25) is 0 Å². The highest BCUT2D eigenvalue weighted by atomic mass is 19.1. The van der Waals surface area contributed by atoms with E-state index in [9.17, 15) is 9.50 Å². The van der Waals surface area contributed by atoms with E-state index in [-0.39, 0.29) is 12.4 Å². The Bertz CT molecular complexity index is 840. The Morgan fingerprint density at radius 2 is 1.96 bits per heavy atom. The largest absolute Gasteiger partial charge is 0.439 e. The number of aromatic nitrogens is 2. The molecule has 25 heavy (non-hydrogen) atoms. The topological polar surface area (TPSA) is 67.3 Å². The van der Waals surface area contributed by atoms with Crippen LogP contribution in [0.5, 0.6) is 11.6 Å². The van der Waals surface area contributed by atoms with Gasteiger partial charge in [-0.25, -0.2) is 9.37 Å². The van der Waals surface area contributed by atoms with E-state index in [1.807, 2.05) is 31.2 Å². The van der Waals surface area contributed by atoms with Crippen molar-refractivity contribution in [1.29, 1.82) is 0 Å². The Kier molecular flexibility index (Phi) is 5.20. The lowest BCUT2D eigenvalue weighted by Crippen LogP contribution is -2.14. The molecule has 6 heteroatoms. The molecule has 3 aromatic rings. The Balaban J connectivity index is 1.62. The van der Waals surface area contributed by atoms with Gasteiger partial charge in [0.15, 0.2) is 0 Å². The molecule has 2 aromatic carbocycles. The van der Waals surface area contributed by atoms with E-state index in [4.69, 9.17) is 4.74 Å². The maximum absolute atomic E-state index is 12.9. The highest BCUT2D eigenvalue weighted by Crippen LogP contribution is 2.20. The monoisotopic (exact) mass is 339 g/mol. The number of benzene rings is 2. The average molecular weight is 339 g/mol. The lowest BCUT2D eigenvalue weighted by atomic mass is 10.1. The van der Waals surface area contributed by atoms with Gasteiger partial charge < -0.3 is 15.2 Å². The molecule has 1 aromatic heterocycles. The van der Waals surface area contributed by atoms with Crippen molar-refractivity contribution in [2.24, 2.45) is 0 Å². The van der Waals surface area contributed by atoms with Crippen LogP contribution >= 0.6 is 0 Å². The van der Waals surface area contributed by atoms with Crippen molar-refractivity contribution in [2.45, 2.75) is 13.0 Å². The fourth-order valence-electron chi connectivity index (χ4n) is 2.29. The van der Waals surface area contributed by atoms with Crippen LogP contribution in [-0.4, -0.2) is 21.6 Å². The van der Waals surface area contributed by atoms with Crippen molar-refractivity contribution in [2.75, 3.05) is 11.9 Å². The minimum absolute atomic E-state index is 0.267. The summed E-state index contributed by atoms with van der Waals surface area (Å²) in [5, 5.41) is 13.2. The second-order valence-electron chi connectivity index (χ2n) is 5.59. The van der Waals surface area contributed by atoms with Crippen LogP contribution in [0.2, 0.25) is 0 Å². The van der Waals surface area contributed by atoms with Crippen LogP contribution in [0.1, 0.15) is 17.2 Å². The molecule has 0 aliphatic rings. The highest BCUT2D eigenvalue weighted by Gasteiger charge is 2.09. The summed E-state index contributed by atoms with van der Waals surface area (Å²) in [6, 6.07) is 14.9. The Labute approximate surface area is 145 Å². The van der Waals surface area contributed by atoms with Crippen molar-refractivity contribution in [1.82, 2.24) is 9.97 Å². The summed E-state index contributed by atoms with van der Waals surface area (Å²) in [5.41, 5.74) is 1.91. The molecule has 1 atom stereocenters. The highest BCUT2D eigenvalue weighted by molar-refractivity contribution is 5.32. The van der Waals surface area contributed by atoms with Crippen LogP contribution in [0.25, 0.3) is 0 Å². The first-order chi connectivity index (χ1) is 12.1. The molecular formula is C19H18FN3O2. The number of nitrogens with one attached hydrogen (secondary N) is 1. The number of ether oxygens (including phenoxy) is 1. The van der Waals surface area contributed by atoms with Crippen molar-refractivity contribution in [3.63, 3.8) is 0 Å². The Hall–Kier alpha value is -2.99. The molecule has 0 saturated heterocycles. The second kappa shape index (κ2) is 7.72. The number of hydrogen-bond donors (Lipinski definition) is 2. The quantitative estimate of drug-likeness (QED) is 0.714. The molecule has 2 N–H and O–H groups in total. The molecule has 1 unspecified atom stereocenters. The van der Waals surface area contributed by atoms with Crippen molar-refractivity contribution >= 4 is 5.95 Å². The average Bonchev–Trinajstić information content (AvgIpc) is 2.62. The van der Waals surface area contributed by atoms with E-state index < -0.39 is 6.10 Å². The zero-order chi connectivity index (χ0) is 17.6. The fraction of sp³-hybridized carbons (Fsp3) is 0.158. The SMILES string of the molecule is Cc1cccc(C(O)CNc2nccc(Oc3ccc(F)cc3)n2)c1. The number of anilines is 1. The van der Waals surface area contributed by atoms with Gasteiger partial charge in [0.1, 0.15) is 11.6 Å². The number of aryl methyl sites for hydroxylation is 1. The predicted molar refractivity (Wildman–Crippen MR) is 93.1 cm³/mol. The van der Waals surface area contributed by atoms with E-state index in [1.54, 1.807) is 12.3 Å². The molecule has 0 aliphatic heterocycles. The summed E-state index contributed by atoms with van der Waals surface area (Å²) in [5.74, 6) is 0.814. The molecule has 0 saturated carbocycles. The van der Waals surface area contributed by atoms with Gasteiger partial charge in [0.05, 0.1) is 6.10 Å². The molecule has 128 valence electrons. The van der Waals surface area contributed by atoms with Gasteiger partial charge in [0.25, 0.3) is 0 Å². The summed E-state index contributed by atoms with van der Waals surface area (Å²) in [7, 11) is 0. The van der Waals surface area contributed by atoms with Gasteiger partial charge in [0.2, 0.25) is 11.8 Å². The molecule has 0 spiro atoms. The summed E-state index contributed by atoms with van der Waals surface area (Å²) in [4.78, 5) is 8.33. The second-order valence-corrected chi connectivity index (χ2v) is 5.59. The molecule has 3 rings (SSSR count). The van der Waals surface area contributed by atoms with Gasteiger partial charge in [-0.15, -0.1) is 0 Å². The third-order valence-electron chi connectivity index (χ3n) is 3.55. The van der Waals surface area contributed by atoms with Gasteiger partial charge in [-0.05, 0) is 36.8 Å². The third kappa shape index (κ3) is 4.74. The summed E-state index contributed by atoms with van der Waals surface area (Å²) in [6.45, 7) is 2.24. The molecule has 5 nitrogen and oxygen atoms in total. The number of nitrogens with zero attached hydrogens (tertiary/aromatic N) is 2. The van der Waals surface area contributed by atoms with E-state index in [1.165, 1.54) is 24.3 Å². The number of halogens is 1. The standard InChI is InChI=1S/C19H18FN3O2/c1-13-3-2-4-14(11-13)17(24)12-22-19-21-10-9-18(23-19)25-16-7-5-15(20)6-8-16/h2-11,17,24H,12H2,1H3,(H,21,22,23). The Morgan fingerprint density at radius 3 is 2.72 bits per heavy atom. The lowest BCUT2D eigenvalue weighted by molar-refractivity contribution is 0.191. The predicted octanol–water partition coefficient (Wildman–Crippen LogP) is 3.86. The Morgan fingerprint density at radius 1 is 1.16 bits per heavy atom. The van der Waals surface area contributed by atoms with Crippen LogP contribution in [0.15, 0.2) is 60.8 Å². The van der Waals surface area contributed by atoms with E-state index in [0.29, 0.717) is 17.6 Å². The third-order valence-corrected chi connectivity index (χ3v) is 3.55. The molecule has 1 heterocycles. The molecule has 0 amide bonds.